The molecule has 0 aliphatic carbocycles. The van der Waals surface area contributed by atoms with E-state index in [1.807, 2.05) is 29.2 Å². The lowest BCUT2D eigenvalue weighted by Crippen LogP contribution is -2.54. The molecule has 1 aliphatic heterocycles. The summed E-state index contributed by atoms with van der Waals surface area (Å²) in [5, 5.41) is 3.78. The first-order chi connectivity index (χ1) is 12.6. The SMILES string of the molecule is O=C(NCCc1ccccc1Cl)C1COCCN1c1nc(Cl)ncc1Br. The Morgan fingerprint density at radius 2 is 2.19 bits per heavy atom. The fraction of sp³-hybridized carbons (Fsp3) is 0.353. The lowest BCUT2D eigenvalue weighted by Gasteiger charge is -2.35. The van der Waals surface area contributed by atoms with Crippen LogP contribution in [-0.2, 0) is 16.0 Å². The van der Waals surface area contributed by atoms with Gasteiger partial charge in [-0.25, -0.2) is 4.98 Å². The number of hydrogen-bond donors (Lipinski definition) is 1. The number of morpholine rings is 1. The van der Waals surface area contributed by atoms with Crippen molar-refractivity contribution in [2.75, 3.05) is 31.2 Å². The van der Waals surface area contributed by atoms with Crippen molar-refractivity contribution >= 4 is 50.9 Å². The van der Waals surface area contributed by atoms with Crippen LogP contribution in [0.1, 0.15) is 5.56 Å². The summed E-state index contributed by atoms with van der Waals surface area (Å²) in [4.78, 5) is 22.8. The largest absolute Gasteiger partial charge is 0.377 e. The normalized spacial score (nSPS) is 17.2. The van der Waals surface area contributed by atoms with Crippen LogP contribution in [0.25, 0.3) is 0 Å². The summed E-state index contributed by atoms with van der Waals surface area (Å²) in [7, 11) is 0. The van der Waals surface area contributed by atoms with E-state index in [2.05, 4.69) is 31.2 Å². The van der Waals surface area contributed by atoms with Crippen LogP contribution in [0.15, 0.2) is 34.9 Å². The average molecular weight is 460 g/mol. The minimum Gasteiger partial charge on any atom is -0.377 e. The Morgan fingerprint density at radius 3 is 3.00 bits per heavy atom. The number of rotatable bonds is 5. The van der Waals surface area contributed by atoms with Crippen LogP contribution in [-0.4, -0.2) is 48.2 Å². The predicted octanol–water partition coefficient (Wildman–Crippen LogP) is 3.11. The maximum Gasteiger partial charge on any atom is 0.245 e. The van der Waals surface area contributed by atoms with Crippen molar-refractivity contribution in [3.63, 3.8) is 0 Å². The smallest absolute Gasteiger partial charge is 0.245 e. The number of amides is 1. The number of carbonyl (C=O) groups excluding carboxylic acids is 1. The molecule has 26 heavy (non-hydrogen) atoms. The maximum absolute atomic E-state index is 12.7. The number of nitrogens with zero attached hydrogens (tertiary/aromatic N) is 3. The molecule has 6 nitrogen and oxygen atoms in total. The second-order valence-corrected chi connectivity index (χ2v) is 7.33. The van der Waals surface area contributed by atoms with Crippen LogP contribution in [0.4, 0.5) is 5.82 Å². The number of nitrogens with one attached hydrogen (secondary N) is 1. The second-order valence-electron chi connectivity index (χ2n) is 5.73. The van der Waals surface area contributed by atoms with Gasteiger partial charge in [0.05, 0.1) is 17.7 Å². The van der Waals surface area contributed by atoms with Crippen molar-refractivity contribution in [2.24, 2.45) is 0 Å². The molecule has 1 aliphatic rings. The molecule has 1 aromatic heterocycles. The predicted molar refractivity (Wildman–Crippen MR) is 105 cm³/mol. The molecule has 1 unspecified atom stereocenters. The number of benzene rings is 1. The second kappa shape index (κ2) is 8.99. The fourth-order valence-corrected chi connectivity index (χ4v) is 3.53. The van der Waals surface area contributed by atoms with E-state index < -0.39 is 6.04 Å². The summed E-state index contributed by atoms with van der Waals surface area (Å²) in [6.45, 7) is 1.82. The van der Waals surface area contributed by atoms with Gasteiger partial charge in [0.25, 0.3) is 0 Å². The van der Waals surface area contributed by atoms with Gasteiger partial charge in [0.15, 0.2) is 0 Å². The highest BCUT2D eigenvalue weighted by Gasteiger charge is 2.31. The zero-order chi connectivity index (χ0) is 18.5. The molecule has 1 N–H and O–H groups in total. The summed E-state index contributed by atoms with van der Waals surface area (Å²) in [5.74, 6) is 0.456. The van der Waals surface area contributed by atoms with Gasteiger partial charge in [0.2, 0.25) is 11.2 Å². The fourth-order valence-electron chi connectivity index (χ4n) is 2.75. The van der Waals surface area contributed by atoms with Crippen LogP contribution < -0.4 is 10.2 Å². The number of halogens is 3. The number of ether oxygens (including phenoxy) is 1. The molecule has 0 spiro atoms. The summed E-state index contributed by atoms with van der Waals surface area (Å²) >= 11 is 15.5. The molecule has 1 fully saturated rings. The third kappa shape index (κ3) is 4.65. The highest BCUT2D eigenvalue weighted by molar-refractivity contribution is 9.10. The number of hydrogen-bond acceptors (Lipinski definition) is 5. The summed E-state index contributed by atoms with van der Waals surface area (Å²) < 4.78 is 6.17. The van der Waals surface area contributed by atoms with Crippen molar-refractivity contribution in [2.45, 2.75) is 12.5 Å². The zero-order valence-electron chi connectivity index (χ0n) is 13.8. The van der Waals surface area contributed by atoms with Gasteiger partial charge in [-0.1, -0.05) is 29.8 Å². The van der Waals surface area contributed by atoms with Gasteiger partial charge in [-0.05, 0) is 45.6 Å². The Balaban J connectivity index is 1.66. The van der Waals surface area contributed by atoms with Crippen molar-refractivity contribution < 1.29 is 9.53 Å². The molecule has 2 aromatic rings. The van der Waals surface area contributed by atoms with Gasteiger partial charge in [0.1, 0.15) is 11.9 Å². The molecule has 1 aromatic carbocycles. The van der Waals surface area contributed by atoms with Crippen molar-refractivity contribution in [1.82, 2.24) is 15.3 Å². The van der Waals surface area contributed by atoms with Gasteiger partial charge in [0, 0.05) is 24.3 Å². The van der Waals surface area contributed by atoms with E-state index in [1.54, 1.807) is 6.20 Å². The van der Waals surface area contributed by atoms with E-state index in [1.165, 1.54) is 0 Å². The molecule has 1 atom stereocenters. The highest BCUT2D eigenvalue weighted by Crippen LogP contribution is 2.27. The Morgan fingerprint density at radius 1 is 1.38 bits per heavy atom. The van der Waals surface area contributed by atoms with Crippen molar-refractivity contribution in [3.05, 3.63) is 50.8 Å². The minimum atomic E-state index is -0.489. The van der Waals surface area contributed by atoms with Gasteiger partial charge in [-0.15, -0.1) is 0 Å². The molecule has 138 valence electrons. The van der Waals surface area contributed by atoms with Crippen LogP contribution in [0.2, 0.25) is 10.3 Å². The zero-order valence-corrected chi connectivity index (χ0v) is 16.9. The minimum absolute atomic E-state index is 0.126. The average Bonchev–Trinajstić information content (AvgIpc) is 2.65. The number of anilines is 1. The van der Waals surface area contributed by atoms with E-state index in [-0.39, 0.29) is 17.8 Å². The first kappa shape index (κ1) is 19.4. The third-order valence-corrected chi connectivity index (χ3v) is 5.16. The van der Waals surface area contributed by atoms with Gasteiger partial charge >= 0.3 is 0 Å². The topological polar surface area (TPSA) is 67.3 Å². The van der Waals surface area contributed by atoms with E-state index in [4.69, 9.17) is 27.9 Å². The van der Waals surface area contributed by atoms with Crippen LogP contribution in [0.3, 0.4) is 0 Å². The monoisotopic (exact) mass is 458 g/mol. The van der Waals surface area contributed by atoms with E-state index in [0.29, 0.717) is 41.4 Å². The first-order valence-corrected chi connectivity index (χ1v) is 9.64. The molecule has 0 radical (unpaired) electrons. The lowest BCUT2D eigenvalue weighted by molar-refractivity contribution is -0.124. The number of carbonyl (C=O) groups is 1. The standard InChI is InChI=1S/C17H17BrCl2N4O2/c18-12-9-22-17(20)23-15(12)24-7-8-26-10-14(24)16(25)21-6-5-11-3-1-2-4-13(11)19/h1-4,9,14H,5-8,10H2,(H,21,25). The van der Waals surface area contributed by atoms with Gasteiger partial charge in [-0.2, -0.15) is 4.98 Å². The summed E-state index contributed by atoms with van der Waals surface area (Å²) in [5.41, 5.74) is 0.997. The van der Waals surface area contributed by atoms with Crippen LogP contribution in [0.5, 0.6) is 0 Å². The molecule has 0 saturated carbocycles. The summed E-state index contributed by atoms with van der Waals surface area (Å²) in [6, 6.07) is 7.11. The Hall–Kier alpha value is -1.41. The van der Waals surface area contributed by atoms with Gasteiger partial charge in [-0.3, -0.25) is 4.79 Å². The van der Waals surface area contributed by atoms with Crippen molar-refractivity contribution in [1.29, 1.82) is 0 Å². The Labute approximate surface area is 170 Å². The van der Waals surface area contributed by atoms with E-state index in [9.17, 15) is 4.79 Å². The molecule has 9 heteroatoms. The van der Waals surface area contributed by atoms with Crippen LogP contribution >= 0.6 is 39.1 Å². The lowest BCUT2D eigenvalue weighted by atomic mass is 10.1. The molecule has 1 saturated heterocycles. The first-order valence-electron chi connectivity index (χ1n) is 8.10. The highest BCUT2D eigenvalue weighted by atomic mass is 79.9. The Bertz CT molecular complexity index is 793. The summed E-state index contributed by atoms with van der Waals surface area (Å²) in [6.07, 6.45) is 2.23. The van der Waals surface area contributed by atoms with Crippen LogP contribution in [0, 0.1) is 0 Å². The van der Waals surface area contributed by atoms with Crippen molar-refractivity contribution in [3.8, 4) is 0 Å². The molecule has 3 rings (SSSR count). The molecule has 0 bridgehead atoms. The molecular formula is C17H17BrCl2N4O2. The molecule has 1 amide bonds. The maximum atomic E-state index is 12.7. The Kier molecular flexibility index (Phi) is 6.69. The number of aromatic nitrogens is 2. The quantitative estimate of drug-likeness (QED) is 0.695. The third-order valence-electron chi connectivity index (χ3n) is 4.05. The molecule has 2 heterocycles. The van der Waals surface area contributed by atoms with E-state index >= 15 is 0 Å². The van der Waals surface area contributed by atoms with Gasteiger partial charge < -0.3 is 15.0 Å². The molecular weight excluding hydrogens is 443 g/mol. The van der Waals surface area contributed by atoms with E-state index in [0.717, 1.165) is 5.56 Å².